The molecule has 1 aromatic carbocycles. The van der Waals surface area contributed by atoms with Crippen LogP contribution in [0.5, 0.6) is 0 Å². The lowest BCUT2D eigenvalue weighted by atomic mass is 10.1. The van der Waals surface area contributed by atoms with Gasteiger partial charge >= 0.3 is 7.82 Å². The number of ether oxygens (including phenoxy) is 1. The monoisotopic (exact) mass is 604 g/mol. The second-order valence-electron chi connectivity index (χ2n) is 9.79. The van der Waals surface area contributed by atoms with Crippen molar-refractivity contribution in [3.05, 3.63) is 35.4 Å². The third-order valence-corrected chi connectivity index (χ3v) is 8.50. The number of benzene rings is 1. The van der Waals surface area contributed by atoms with Gasteiger partial charge in [-0.25, -0.2) is 23.3 Å². The van der Waals surface area contributed by atoms with E-state index in [2.05, 4.69) is 30.8 Å². The number of phosphoric ester groups is 1. The number of anilines is 3. The maximum absolute atomic E-state index is 13.8. The highest BCUT2D eigenvalue weighted by Crippen LogP contribution is 2.46. The van der Waals surface area contributed by atoms with Crippen molar-refractivity contribution >= 4 is 36.9 Å². The molecule has 2 aromatic rings. The van der Waals surface area contributed by atoms with Crippen LogP contribution in [0.15, 0.2) is 23.4 Å². The van der Waals surface area contributed by atoms with Crippen LogP contribution in [-0.4, -0.2) is 79.3 Å². The zero-order valence-corrected chi connectivity index (χ0v) is 23.1. The van der Waals surface area contributed by atoms with Crippen molar-refractivity contribution in [3.63, 3.8) is 0 Å². The number of rotatable bonds is 12. The molecule has 3 aliphatic rings. The van der Waals surface area contributed by atoms with E-state index in [9.17, 15) is 23.6 Å². The van der Waals surface area contributed by atoms with Gasteiger partial charge in [0.05, 0.1) is 25.4 Å². The van der Waals surface area contributed by atoms with E-state index in [0.717, 1.165) is 18.2 Å². The first-order chi connectivity index (χ1) is 19.1. The van der Waals surface area contributed by atoms with Crippen molar-refractivity contribution in [2.24, 2.45) is 0 Å². The minimum Gasteiger partial charge on any atom is -0.388 e. The normalized spacial score (nSPS) is 27.5. The van der Waals surface area contributed by atoms with Crippen LogP contribution < -0.4 is 21.3 Å². The van der Waals surface area contributed by atoms with Gasteiger partial charge in [0.2, 0.25) is 0 Å². The molecule has 17 heteroatoms. The summed E-state index contributed by atoms with van der Waals surface area (Å²) in [7, 11) is -4.64. The molecule has 2 fully saturated rings. The molecule has 2 aliphatic carbocycles. The fourth-order valence-electron chi connectivity index (χ4n) is 4.88. The smallest absolute Gasteiger partial charge is 0.388 e. The molecule has 1 aromatic heterocycles. The summed E-state index contributed by atoms with van der Waals surface area (Å²) in [5.41, 5.74) is 7.23. The van der Waals surface area contributed by atoms with Gasteiger partial charge in [-0.05, 0) is 30.5 Å². The van der Waals surface area contributed by atoms with E-state index in [1.54, 1.807) is 11.1 Å². The Bertz CT molecular complexity index is 1280. The number of hydrogen-bond acceptors (Lipinski definition) is 12. The number of hydrazine groups is 2. The number of phosphoric acid groups is 1. The van der Waals surface area contributed by atoms with E-state index < -0.39 is 43.8 Å². The van der Waals surface area contributed by atoms with Crippen molar-refractivity contribution < 1.29 is 42.6 Å². The summed E-state index contributed by atoms with van der Waals surface area (Å²) in [6, 6.07) is 3.17. The summed E-state index contributed by atoms with van der Waals surface area (Å²) < 4.78 is 47.9. The maximum atomic E-state index is 13.8. The largest absolute Gasteiger partial charge is 0.469 e. The summed E-state index contributed by atoms with van der Waals surface area (Å²) in [6.07, 6.45) is -1.53. The first-order valence-corrected chi connectivity index (χ1v) is 15.3. The van der Waals surface area contributed by atoms with Crippen LogP contribution >= 0.6 is 19.6 Å². The van der Waals surface area contributed by atoms with Gasteiger partial charge in [0.25, 0.3) is 0 Å². The van der Waals surface area contributed by atoms with Crippen molar-refractivity contribution in [1.29, 1.82) is 0 Å². The molecule has 40 heavy (non-hydrogen) atoms. The van der Waals surface area contributed by atoms with Crippen LogP contribution in [0.2, 0.25) is 0 Å². The highest BCUT2D eigenvalue weighted by atomic mass is 32.2. The Morgan fingerprint density at radius 1 is 1.18 bits per heavy atom. The van der Waals surface area contributed by atoms with Crippen LogP contribution in [0, 0.1) is 11.6 Å². The number of aliphatic hydroxyl groups is 2. The molecule has 0 amide bonds. The van der Waals surface area contributed by atoms with Gasteiger partial charge in [-0.15, -0.1) is 5.53 Å². The average Bonchev–Trinajstić information content (AvgIpc) is 3.45. The minimum absolute atomic E-state index is 0.0165. The summed E-state index contributed by atoms with van der Waals surface area (Å²) in [4.78, 5) is 27.0. The van der Waals surface area contributed by atoms with Crippen LogP contribution in [0.4, 0.5) is 26.1 Å². The van der Waals surface area contributed by atoms with Crippen molar-refractivity contribution in [2.45, 2.75) is 67.7 Å². The molecule has 5 rings (SSSR count). The Morgan fingerprint density at radius 3 is 2.70 bits per heavy atom. The van der Waals surface area contributed by atoms with E-state index in [4.69, 9.17) is 14.5 Å². The molecule has 2 saturated carbocycles. The van der Waals surface area contributed by atoms with Crippen molar-refractivity contribution in [1.82, 2.24) is 15.5 Å². The summed E-state index contributed by atoms with van der Waals surface area (Å²) in [5, 5.41) is 26.9. The molecule has 1 aliphatic heterocycles. The minimum atomic E-state index is -4.64. The second-order valence-corrected chi connectivity index (χ2v) is 12.1. The molecule has 220 valence electrons. The highest BCUT2D eigenvalue weighted by molar-refractivity contribution is 7.99. The Hall–Kier alpha value is -2.14. The molecule has 7 N–H and O–H groups in total. The van der Waals surface area contributed by atoms with Gasteiger partial charge in [0, 0.05) is 24.1 Å². The Morgan fingerprint density at radius 2 is 1.98 bits per heavy atom. The predicted octanol–water partition coefficient (Wildman–Crippen LogP) is 1.87. The van der Waals surface area contributed by atoms with Crippen molar-refractivity contribution in [2.75, 3.05) is 34.7 Å². The lowest BCUT2D eigenvalue weighted by molar-refractivity contribution is -0.0613. The fourth-order valence-corrected chi connectivity index (χ4v) is 5.88. The predicted molar refractivity (Wildman–Crippen MR) is 142 cm³/mol. The van der Waals surface area contributed by atoms with Gasteiger partial charge in [-0.3, -0.25) is 15.0 Å². The zero-order valence-electron chi connectivity index (χ0n) is 21.4. The Kier molecular flexibility index (Phi) is 8.80. The van der Waals surface area contributed by atoms with Crippen molar-refractivity contribution in [3.8, 4) is 0 Å². The van der Waals surface area contributed by atoms with E-state index in [1.807, 2.05) is 6.92 Å². The first-order valence-electron chi connectivity index (χ1n) is 12.8. The quantitative estimate of drug-likeness (QED) is 0.0807. The van der Waals surface area contributed by atoms with E-state index in [0.29, 0.717) is 34.5 Å². The number of nitrogens with one attached hydrogen (secondary N) is 3. The third-order valence-electron chi connectivity index (χ3n) is 6.92. The lowest BCUT2D eigenvalue weighted by Crippen LogP contribution is -2.49. The summed E-state index contributed by atoms with van der Waals surface area (Å²) in [6.45, 7) is 1.46. The molecular formula is C23H31F2N6O7PS. The van der Waals surface area contributed by atoms with Crippen LogP contribution in [0.3, 0.4) is 0 Å². The Balaban J connectivity index is 1.31. The number of fused-ring (bicyclic) bond motifs is 1. The number of halogens is 2. The Labute approximate surface area is 232 Å². The van der Waals surface area contributed by atoms with Crippen LogP contribution in [-0.2, 0) is 13.8 Å². The van der Waals surface area contributed by atoms with Crippen LogP contribution in [0.1, 0.15) is 37.7 Å². The second kappa shape index (κ2) is 12.0. The number of hydrogen-bond donors (Lipinski definition) is 7. The summed E-state index contributed by atoms with van der Waals surface area (Å²) in [5.74, 6) is -0.0714. The van der Waals surface area contributed by atoms with E-state index in [-0.39, 0.29) is 31.6 Å². The summed E-state index contributed by atoms with van der Waals surface area (Å²) >= 11 is 1.46. The topological polar surface area (TPSA) is 182 Å². The maximum Gasteiger partial charge on any atom is 0.469 e. The molecule has 0 radical (unpaired) electrons. The lowest BCUT2D eigenvalue weighted by Gasteiger charge is -2.27. The van der Waals surface area contributed by atoms with Gasteiger partial charge < -0.3 is 30.1 Å². The van der Waals surface area contributed by atoms with E-state index >= 15 is 0 Å². The average molecular weight is 605 g/mol. The van der Waals surface area contributed by atoms with Gasteiger partial charge in [0.15, 0.2) is 28.4 Å². The SMILES string of the molecule is CCCSc1nc(NC2C[C@H]2c2ccc(F)c(F)c2)c2c(n1)N([C@@H]1C[C@H](OCCOP(=O)(O)O)[C@@H](O)[C@H]1O)NN2. The molecule has 6 atom stereocenters. The number of aromatic nitrogens is 2. The third kappa shape index (κ3) is 6.50. The van der Waals surface area contributed by atoms with Crippen LogP contribution in [0.25, 0.3) is 0 Å². The molecule has 13 nitrogen and oxygen atoms in total. The molecule has 0 bridgehead atoms. The fraction of sp³-hybridized carbons (Fsp3) is 0.565. The standard InChI is InChI=1S/C23H31F2N6O7PS/c1-2-7-40-23-27-21(26-15-9-12(15)11-3-4-13(24)14(25)8-11)18-22(28-23)31(30-29-18)16-10-17(20(33)19(16)32)37-5-6-38-39(34,35)36/h3-4,8,12,15-17,19-20,29-30,32-33H,2,5-7,9-10H2,1H3,(H,26,27,28)(H2,34,35,36)/t12-,15?,16+,17-,19-,20+/m0/s1. The molecule has 2 heterocycles. The number of nitrogens with zero attached hydrogens (tertiary/aromatic N) is 3. The first kappa shape index (κ1) is 29.4. The molecule has 0 spiro atoms. The zero-order chi connectivity index (χ0) is 28.6. The van der Waals surface area contributed by atoms with Gasteiger partial charge in [0.1, 0.15) is 17.9 Å². The van der Waals surface area contributed by atoms with Gasteiger partial charge in [-0.2, -0.15) is 0 Å². The molecule has 1 unspecified atom stereocenters. The van der Waals surface area contributed by atoms with E-state index in [1.165, 1.54) is 17.8 Å². The molecular weight excluding hydrogens is 573 g/mol. The highest BCUT2D eigenvalue weighted by Gasteiger charge is 2.48. The number of thioether (sulfide) groups is 1. The molecule has 0 saturated heterocycles. The number of aliphatic hydroxyl groups excluding tert-OH is 2. The van der Waals surface area contributed by atoms with Gasteiger partial charge in [-0.1, -0.05) is 24.8 Å².